The summed E-state index contributed by atoms with van der Waals surface area (Å²) in [5.41, 5.74) is 0.223. The molecule has 0 saturated carbocycles. The maximum Gasteiger partial charge on any atom is 0.338 e. The summed E-state index contributed by atoms with van der Waals surface area (Å²) in [7, 11) is 3.80. The molecule has 0 aromatic heterocycles. The van der Waals surface area contributed by atoms with Crippen LogP contribution in [0.2, 0.25) is 0 Å². The number of phenolic OH excluding ortho intramolecular Hbond substituents is 2. The van der Waals surface area contributed by atoms with Crippen LogP contribution in [-0.2, 0) is 0 Å². The Morgan fingerprint density at radius 3 is 2.73 bits per heavy atom. The maximum absolute atomic E-state index is 11.3. The minimum absolute atomic E-state index is 0.00565. The van der Waals surface area contributed by atoms with Crippen molar-refractivity contribution in [2.45, 2.75) is 6.04 Å². The topological polar surface area (TPSA) is 103 Å². The molecule has 114 valence electrons. The zero-order valence-corrected chi connectivity index (χ0v) is 11.9. The fourth-order valence-corrected chi connectivity index (χ4v) is 2.29. The highest BCUT2D eigenvalue weighted by atomic mass is 16.5. The minimum Gasteiger partial charge on any atom is -0.504 e. The highest BCUT2D eigenvalue weighted by Gasteiger charge is 2.30. The van der Waals surface area contributed by atoms with Crippen LogP contribution in [0, 0.1) is 0 Å². The van der Waals surface area contributed by atoms with E-state index in [0.717, 1.165) is 6.07 Å². The van der Waals surface area contributed by atoms with Crippen molar-refractivity contribution >= 4 is 17.4 Å². The molecule has 1 unspecified atom stereocenters. The van der Waals surface area contributed by atoms with Crippen molar-refractivity contribution in [1.29, 1.82) is 0 Å². The van der Waals surface area contributed by atoms with Gasteiger partial charge in [-0.3, -0.25) is 4.90 Å². The first kappa shape index (κ1) is 14.2. The maximum atomic E-state index is 11.3. The Kier molecular flexibility index (Phi) is 3.14. The number of allylic oxidation sites excluding steroid dienone is 1. The fourth-order valence-electron chi connectivity index (χ4n) is 2.29. The van der Waals surface area contributed by atoms with Gasteiger partial charge in [0.15, 0.2) is 17.3 Å². The molecule has 1 atom stereocenters. The van der Waals surface area contributed by atoms with E-state index in [1.54, 1.807) is 12.2 Å². The van der Waals surface area contributed by atoms with Crippen molar-refractivity contribution in [2.24, 2.45) is 4.99 Å². The van der Waals surface area contributed by atoms with Crippen molar-refractivity contribution in [3.05, 3.63) is 35.6 Å². The Bertz CT molecular complexity index is 762. The van der Waals surface area contributed by atoms with E-state index >= 15 is 0 Å². The summed E-state index contributed by atoms with van der Waals surface area (Å²) in [6.45, 7) is 0. The van der Waals surface area contributed by atoms with Gasteiger partial charge in [-0.25, -0.2) is 9.79 Å². The molecule has 1 aromatic rings. The van der Waals surface area contributed by atoms with Crippen LogP contribution in [0.3, 0.4) is 0 Å². The van der Waals surface area contributed by atoms with E-state index in [-0.39, 0.29) is 23.0 Å². The molecule has 0 amide bonds. The molecule has 3 N–H and O–H groups in total. The monoisotopic (exact) mass is 302 g/mol. The molecule has 2 aliphatic rings. The quantitative estimate of drug-likeness (QED) is 0.718. The number of fused-ring (bicyclic) bond motifs is 2. The second-order valence-electron chi connectivity index (χ2n) is 5.22. The third kappa shape index (κ3) is 2.11. The number of hydrogen-bond acceptors (Lipinski definition) is 6. The Balaban J connectivity index is 2.17. The molecule has 7 nitrogen and oxygen atoms in total. The summed E-state index contributed by atoms with van der Waals surface area (Å²) >= 11 is 0. The average molecular weight is 302 g/mol. The van der Waals surface area contributed by atoms with Crippen molar-refractivity contribution in [3.8, 4) is 17.2 Å². The number of aromatic carboxylic acids is 1. The first-order valence-corrected chi connectivity index (χ1v) is 6.54. The molecule has 1 aliphatic carbocycles. The first-order valence-electron chi connectivity index (χ1n) is 6.54. The molecule has 1 aliphatic heterocycles. The van der Waals surface area contributed by atoms with Gasteiger partial charge in [0.25, 0.3) is 0 Å². The van der Waals surface area contributed by atoms with Crippen molar-refractivity contribution < 1.29 is 24.9 Å². The first-order chi connectivity index (χ1) is 10.4. The summed E-state index contributed by atoms with van der Waals surface area (Å²) in [4.78, 5) is 17.5. The van der Waals surface area contributed by atoms with Crippen molar-refractivity contribution in [3.63, 3.8) is 0 Å². The second kappa shape index (κ2) is 4.88. The number of aromatic hydroxyl groups is 2. The number of ether oxygens (including phenoxy) is 1. The zero-order chi connectivity index (χ0) is 16.0. The SMILES string of the molecule is CN(C)C1C=CC2=Nc3c(C(=O)O)cc(O)c(O)c3OC2=C1. The lowest BCUT2D eigenvalue weighted by atomic mass is 10.0. The van der Waals surface area contributed by atoms with Gasteiger partial charge in [-0.2, -0.15) is 0 Å². The number of nitrogens with zero attached hydrogens (tertiary/aromatic N) is 2. The second-order valence-corrected chi connectivity index (χ2v) is 5.22. The van der Waals surface area contributed by atoms with Crippen LogP contribution in [0.5, 0.6) is 17.2 Å². The van der Waals surface area contributed by atoms with Crippen LogP contribution in [0.15, 0.2) is 35.0 Å². The summed E-state index contributed by atoms with van der Waals surface area (Å²) in [6.07, 6.45) is 5.43. The Morgan fingerprint density at radius 2 is 2.09 bits per heavy atom. The highest BCUT2D eigenvalue weighted by molar-refractivity contribution is 6.12. The summed E-state index contributed by atoms with van der Waals surface area (Å²) in [6, 6.07) is 0.947. The van der Waals surface area contributed by atoms with E-state index in [4.69, 9.17) is 4.74 Å². The molecule has 0 radical (unpaired) electrons. The van der Waals surface area contributed by atoms with E-state index in [1.165, 1.54) is 0 Å². The standard InChI is InChI=1S/C15H14N2O5/c1-17(2)7-3-4-9-11(5-7)22-14-12(16-9)8(15(20)21)6-10(18)13(14)19/h3-7,18-19H,1-2H3,(H,20,21). The van der Waals surface area contributed by atoms with Crippen LogP contribution in [0.25, 0.3) is 0 Å². The molecular weight excluding hydrogens is 288 g/mol. The predicted octanol–water partition coefficient (Wildman–Crippen LogP) is 1.64. The third-order valence-electron chi connectivity index (χ3n) is 3.51. The van der Waals surface area contributed by atoms with Gasteiger partial charge in [-0.1, -0.05) is 6.08 Å². The van der Waals surface area contributed by atoms with E-state index in [1.807, 2.05) is 25.1 Å². The summed E-state index contributed by atoms with van der Waals surface area (Å²) in [5.74, 6) is -2.10. The summed E-state index contributed by atoms with van der Waals surface area (Å²) < 4.78 is 5.60. The smallest absolute Gasteiger partial charge is 0.338 e. The molecule has 1 heterocycles. The van der Waals surface area contributed by atoms with Crippen molar-refractivity contribution in [2.75, 3.05) is 14.1 Å². The largest absolute Gasteiger partial charge is 0.504 e. The van der Waals surface area contributed by atoms with Gasteiger partial charge in [0, 0.05) is 12.1 Å². The number of carboxylic acid groups (broad SMARTS) is 1. The van der Waals surface area contributed by atoms with Crippen LogP contribution >= 0.6 is 0 Å². The van der Waals surface area contributed by atoms with Gasteiger partial charge in [-0.15, -0.1) is 0 Å². The predicted molar refractivity (Wildman–Crippen MR) is 79.2 cm³/mol. The number of carboxylic acids is 1. The van der Waals surface area contributed by atoms with Crippen molar-refractivity contribution in [1.82, 2.24) is 4.90 Å². The fraction of sp³-hybridized carbons (Fsp3) is 0.200. The molecule has 7 heteroatoms. The minimum atomic E-state index is -1.27. The van der Waals surface area contributed by atoms with Gasteiger partial charge in [0.1, 0.15) is 11.4 Å². The summed E-state index contributed by atoms with van der Waals surface area (Å²) in [5, 5.41) is 28.8. The van der Waals surface area contributed by atoms with Gasteiger partial charge >= 0.3 is 5.97 Å². The molecule has 0 saturated heterocycles. The number of benzene rings is 1. The van der Waals surface area contributed by atoms with E-state index in [0.29, 0.717) is 11.5 Å². The number of hydrogen-bond donors (Lipinski definition) is 3. The highest BCUT2D eigenvalue weighted by Crippen LogP contribution is 2.48. The van der Waals surface area contributed by atoms with Gasteiger partial charge < -0.3 is 20.1 Å². The molecule has 22 heavy (non-hydrogen) atoms. The Labute approximate surface area is 126 Å². The zero-order valence-electron chi connectivity index (χ0n) is 11.9. The number of carbonyl (C=O) groups is 1. The Hall–Kier alpha value is -2.80. The van der Waals surface area contributed by atoms with E-state index in [2.05, 4.69) is 4.99 Å². The molecule has 3 rings (SSSR count). The van der Waals surface area contributed by atoms with Gasteiger partial charge in [0.05, 0.1) is 5.56 Å². The third-order valence-corrected chi connectivity index (χ3v) is 3.51. The lowest BCUT2D eigenvalue weighted by Crippen LogP contribution is -2.29. The molecular formula is C15H14N2O5. The lowest BCUT2D eigenvalue weighted by molar-refractivity contribution is 0.0697. The van der Waals surface area contributed by atoms with Crippen LogP contribution in [0.4, 0.5) is 5.69 Å². The van der Waals surface area contributed by atoms with Crippen LogP contribution in [0.1, 0.15) is 10.4 Å². The number of phenols is 2. The number of aliphatic imine (C=N–C) groups is 1. The number of likely N-dealkylation sites (N-methyl/N-ethyl adjacent to an activating group) is 1. The Morgan fingerprint density at radius 1 is 1.36 bits per heavy atom. The molecule has 0 bridgehead atoms. The van der Waals surface area contributed by atoms with Gasteiger partial charge in [0.2, 0.25) is 5.75 Å². The number of rotatable bonds is 2. The normalized spacial score (nSPS) is 19.0. The molecule has 1 aromatic carbocycles. The van der Waals surface area contributed by atoms with E-state index in [9.17, 15) is 20.1 Å². The van der Waals surface area contributed by atoms with Crippen LogP contribution in [-0.4, -0.2) is 52.0 Å². The average Bonchev–Trinajstić information content (AvgIpc) is 2.48. The van der Waals surface area contributed by atoms with Crippen LogP contribution < -0.4 is 4.74 Å². The van der Waals surface area contributed by atoms with E-state index < -0.39 is 17.5 Å². The van der Waals surface area contributed by atoms with Gasteiger partial charge in [-0.05, 0) is 26.2 Å². The lowest BCUT2D eigenvalue weighted by Gasteiger charge is -2.26. The molecule has 0 fully saturated rings. The molecule has 0 spiro atoms.